The lowest BCUT2D eigenvalue weighted by Crippen LogP contribution is -2.24. The highest BCUT2D eigenvalue weighted by molar-refractivity contribution is 7.09. The molecule has 0 radical (unpaired) electrons. The number of nitrogens with two attached hydrogens (primary N) is 1. The van der Waals surface area contributed by atoms with Gasteiger partial charge in [0.15, 0.2) is 0 Å². The quantitative estimate of drug-likeness (QED) is 0.852. The molecule has 0 bridgehead atoms. The number of nitrogens with zero attached hydrogens (tertiary/aromatic N) is 1. The van der Waals surface area contributed by atoms with E-state index in [-0.39, 0.29) is 5.82 Å². The first-order valence-corrected chi connectivity index (χ1v) is 6.95. The first-order valence-electron chi connectivity index (χ1n) is 6.07. The SMILES string of the molecule is Nc1cc(F)cc(N(Cc2cccs2)C2CC2)c1. The molecule has 3 rings (SSSR count). The van der Waals surface area contributed by atoms with Gasteiger partial charge >= 0.3 is 0 Å². The second-order valence-electron chi connectivity index (χ2n) is 4.68. The summed E-state index contributed by atoms with van der Waals surface area (Å²) in [6.07, 6.45) is 2.36. The van der Waals surface area contributed by atoms with Gasteiger partial charge < -0.3 is 10.6 Å². The number of benzene rings is 1. The molecule has 0 saturated heterocycles. The Morgan fingerprint density at radius 2 is 2.17 bits per heavy atom. The molecule has 2 aromatic rings. The highest BCUT2D eigenvalue weighted by Gasteiger charge is 2.29. The van der Waals surface area contributed by atoms with Crippen LogP contribution in [0.5, 0.6) is 0 Å². The topological polar surface area (TPSA) is 29.3 Å². The fraction of sp³-hybridized carbons (Fsp3) is 0.286. The summed E-state index contributed by atoms with van der Waals surface area (Å²) < 4.78 is 13.4. The van der Waals surface area contributed by atoms with Crippen LogP contribution in [0, 0.1) is 5.82 Å². The van der Waals surface area contributed by atoms with Crippen LogP contribution in [0.15, 0.2) is 35.7 Å². The third kappa shape index (κ3) is 2.48. The Labute approximate surface area is 110 Å². The van der Waals surface area contributed by atoms with Gasteiger partial charge in [0.1, 0.15) is 5.82 Å². The van der Waals surface area contributed by atoms with E-state index in [1.807, 2.05) is 12.1 Å². The maximum Gasteiger partial charge on any atom is 0.127 e. The van der Waals surface area contributed by atoms with Crippen LogP contribution in [-0.2, 0) is 6.54 Å². The number of hydrogen-bond acceptors (Lipinski definition) is 3. The number of anilines is 2. The van der Waals surface area contributed by atoms with E-state index < -0.39 is 0 Å². The summed E-state index contributed by atoms with van der Waals surface area (Å²) >= 11 is 1.73. The molecule has 1 aromatic carbocycles. The predicted molar refractivity (Wildman–Crippen MR) is 74.3 cm³/mol. The van der Waals surface area contributed by atoms with E-state index in [1.165, 1.54) is 23.8 Å². The van der Waals surface area contributed by atoms with E-state index in [1.54, 1.807) is 17.4 Å². The van der Waals surface area contributed by atoms with Crippen molar-refractivity contribution in [3.05, 3.63) is 46.4 Å². The van der Waals surface area contributed by atoms with Crippen LogP contribution in [0.3, 0.4) is 0 Å². The second-order valence-corrected chi connectivity index (χ2v) is 5.71. The molecule has 18 heavy (non-hydrogen) atoms. The molecule has 1 saturated carbocycles. The lowest BCUT2D eigenvalue weighted by atomic mass is 10.2. The van der Waals surface area contributed by atoms with Crippen LogP contribution in [0.2, 0.25) is 0 Å². The molecule has 0 aliphatic heterocycles. The molecule has 94 valence electrons. The summed E-state index contributed by atoms with van der Waals surface area (Å²) in [7, 11) is 0. The Bertz CT molecular complexity index is 514. The van der Waals surface area contributed by atoms with Gasteiger partial charge in [-0.1, -0.05) is 6.07 Å². The largest absolute Gasteiger partial charge is 0.399 e. The molecule has 0 spiro atoms. The summed E-state index contributed by atoms with van der Waals surface area (Å²) in [6.45, 7) is 0.839. The second kappa shape index (κ2) is 4.61. The predicted octanol–water partition coefficient (Wildman–Crippen LogP) is 3.64. The van der Waals surface area contributed by atoms with Crippen molar-refractivity contribution in [2.24, 2.45) is 0 Å². The molecule has 0 unspecified atom stereocenters. The molecule has 1 fully saturated rings. The van der Waals surface area contributed by atoms with Gasteiger partial charge in [-0.2, -0.15) is 0 Å². The summed E-state index contributed by atoms with van der Waals surface area (Å²) in [4.78, 5) is 3.55. The lowest BCUT2D eigenvalue weighted by molar-refractivity contribution is 0.627. The first-order chi connectivity index (χ1) is 8.72. The number of thiophene rings is 1. The normalized spacial score (nSPS) is 14.7. The maximum absolute atomic E-state index is 13.4. The molecule has 2 N–H and O–H groups in total. The molecular weight excluding hydrogens is 247 g/mol. The average Bonchev–Trinajstić information content (AvgIpc) is 3.02. The highest BCUT2D eigenvalue weighted by Crippen LogP contribution is 2.34. The van der Waals surface area contributed by atoms with Gasteiger partial charge in [0.25, 0.3) is 0 Å². The van der Waals surface area contributed by atoms with Crippen LogP contribution in [0.4, 0.5) is 15.8 Å². The van der Waals surface area contributed by atoms with Crippen LogP contribution in [0.25, 0.3) is 0 Å². The molecule has 1 aromatic heterocycles. The Balaban J connectivity index is 1.89. The van der Waals surface area contributed by atoms with Crippen molar-refractivity contribution < 1.29 is 4.39 Å². The summed E-state index contributed by atoms with van der Waals surface area (Å²) in [5.41, 5.74) is 7.11. The van der Waals surface area contributed by atoms with Crippen molar-refractivity contribution in [3.8, 4) is 0 Å². The number of rotatable bonds is 4. The van der Waals surface area contributed by atoms with Gasteiger partial charge in [-0.05, 0) is 42.5 Å². The molecule has 1 aliphatic carbocycles. The Kier molecular flexibility index (Phi) is 2.96. The van der Waals surface area contributed by atoms with E-state index in [0.29, 0.717) is 11.7 Å². The molecular formula is C14H15FN2S. The first kappa shape index (κ1) is 11.5. The fourth-order valence-corrected chi connectivity index (χ4v) is 2.85. The Hall–Kier alpha value is -1.55. The molecule has 2 nitrogen and oxygen atoms in total. The number of halogens is 1. The van der Waals surface area contributed by atoms with Crippen molar-refractivity contribution >= 4 is 22.7 Å². The molecule has 0 atom stereocenters. The minimum atomic E-state index is -0.262. The van der Waals surface area contributed by atoms with Gasteiger partial charge in [0, 0.05) is 22.3 Å². The number of nitrogen functional groups attached to an aromatic ring is 1. The van der Waals surface area contributed by atoms with Crippen LogP contribution in [-0.4, -0.2) is 6.04 Å². The fourth-order valence-electron chi connectivity index (χ4n) is 2.15. The molecule has 4 heteroatoms. The van der Waals surface area contributed by atoms with Crippen molar-refractivity contribution in [3.63, 3.8) is 0 Å². The minimum Gasteiger partial charge on any atom is -0.399 e. The molecule has 1 heterocycles. The number of hydrogen-bond donors (Lipinski definition) is 1. The van der Waals surface area contributed by atoms with Crippen LogP contribution < -0.4 is 10.6 Å². The van der Waals surface area contributed by atoms with Crippen molar-refractivity contribution in [2.75, 3.05) is 10.6 Å². The van der Waals surface area contributed by atoms with Crippen molar-refractivity contribution in [1.82, 2.24) is 0 Å². The van der Waals surface area contributed by atoms with E-state index in [9.17, 15) is 4.39 Å². The van der Waals surface area contributed by atoms with Crippen molar-refractivity contribution in [1.29, 1.82) is 0 Å². The highest BCUT2D eigenvalue weighted by atomic mass is 32.1. The van der Waals surface area contributed by atoms with E-state index in [0.717, 1.165) is 12.2 Å². The van der Waals surface area contributed by atoms with Gasteiger partial charge in [-0.3, -0.25) is 0 Å². The summed E-state index contributed by atoms with van der Waals surface area (Å²) in [5, 5.41) is 2.07. The Morgan fingerprint density at radius 3 is 2.78 bits per heavy atom. The molecule has 0 amide bonds. The van der Waals surface area contributed by atoms with Gasteiger partial charge in [-0.25, -0.2) is 4.39 Å². The molecule has 1 aliphatic rings. The van der Waals surface area contributed by atoms with Crippen LogP contribution >= 0.6 is 11.3 Å². The minimum absolute atomic E-state index is 0.262. The maximum atomic E-state index is 13.4. The van der Waals surface area contributed by atoms with E-state index in [2.05, 4.69) is 16.3 Å². The van der Waals surface area contributed by atoms with Gasteiger partial charge in [-0.15, -0.1) is 11.3 Å². The summed E-state index contributed by atoms with van der Waals surface area (Å²) in [6, 6.07) is 9.48. The zero-order valence-electron chi connectivity index (χ0n) is 9.97. The third-order valence-corrected chi connectivity index (χ3v) is 3.99. The smallest absolute Gasteiger partial charge is 0.127 e. The standard InChI is InChI=1S/C14H15FN2S/c15-10-6-11(16)8-13(7-10)17(12-3-4-12)9-14-2-1-5-18-14/h1-2,5-8,12H,3-4,9,16H2. The Morgan fingerprint density at radius 1 is 1.33 bits per heavy atom. The van der Waals surface area contributed by atoms with E-state index in [4.69, 9.17) is 5.73 Å². The monoisotopic (exact) mass is 262 g/mol. The van der Waals surface area contributed by atoms with E-state index >= 15 is 0 Å². The zero-order chi connectivity index (χ0) is 12.5. The average molecular weight is 262 g/mol. The van der Waals surface area contributed by atoms with Gasteiger partial charge in [0.05, 0.1) is 6.54 Å². The lowest BCUT2D eigenvalue weighted by Gasteiger charge is -2.24. The zero-order valence-corrected chi connectivity index (χ0v) is 10.8. The van der Waals surface area contributed by atoms with Crippen LogP contribution in [0.1, 0.15) is 17.7 Å². The summed E-state index contributed by atoms with van der Waals surface area (Å²) in [5.74, 6) is -0.262. The van der Waals surface area contributed by atoms with Gasteiger partial charge in [0.2, 0.25) is 0 Å². The third-order valence-electron chi connectivity index (χ3n) is 3.13. The van der Waals surface area contributed by atoms with Crippen molar-refractivity contribution in [2.45, 2.75) is 25.4 Å².